The zero-order chi connectivity index (χ0) is 42.2. The number of benzene rings is 2. The Hall–Kier alpha value is -3.63. The number of carbonyl (C=O) groups excluding carboxylic acids is 3. The number of amides is 2. The Morgan fingerprint density at radius 2 is 1.72 bits per heavy atom. The Labute approximate surface area is 358 Å². The largest absolute Gasteiger partial charge is 0.393 e. The van der Waals surface area contributed by atoms with Crippen LogP contribution in [0, 0.1) is 35.0 Å². The van der Waals surface area contributed by atoms with Crippen LogP contribution < -0.4 is 16.4 Å². The van der Waals surface area contributed by atoms with E-state index in [1.165, 1.54) is 24.8 Å². The summed E-state index contributed by atoms with van der Waals surface area (Å²) in [6.07, 6.45) is 14.6. The van der Waals surface area contributed by atoms with E-state index >= 15 is 0 Å². The Bertz CT molecular complexity index is 1950. The molecule has 4 aliphatic carbocycles. The maximum Gasteiger partial charge on any atom is 0.237 e. The van der Waals surface area contributed by atoms with Crippen molar-refractivity contribution >= 4 is 17.6 Å². The second kappa shape index (κ2) is 18.0. The molecule has 2 aliphatic heterocycles. The van der Waals surface area contributed by atoms with Gasteiger partial charge in [-0.15, -0.1) is 0 Å². The molecule has 2 amide bonds. The number of piperidine rings is 1. The summed E-state index contributed by atoms with van der Waals surface area (Å²) in [5.74, 6) is 2.89. The number of ketones is 1. The molecule has 0 aromatic heterocycles. The summed E-state index contributed by atoms with van der Waals surface area (Å²) in [5, 5.41) is 16.6. The van der Waals surface area contributed by atoms with E-state index in [0.29, 0.717) is 66.8 Å². The second-order valence-corrected chi connectivity index (χ2v) is 19.9. The average molecular weight is 819 g/mol. The van der Waals surface area contributed by atoms with Crippen molar-refractivity contribution in [1.29, 1.82) is 0 Å². The van der Waals surface area contributed by atoms with Gasteiger partial charge in [-0.25, -0.2) is 0 Å². The van der Waals surface area contributed by atoms with E-state index in [4.69, 9.17) is 10.5 Å². The number of aliphatic hydroxyl groups is 1. The number of aliphatic hydroxyl groups excluding tert-OH is 1. The molecule has 2 aromatic carbocycles. The maximum absolute atomic E-state index is 12.9. The molecule has 0 radical (unpaired) electrons. The number of nitrogens with zero attached hydrogens (tertiary/aromatic N) is 1. The first-order valence-corrected chi connectivity index (χ1v) is 23.4. The van der Waals surface area contributed by atoms with Gasteiger partial charge in [-0.3, -0.25) is 19.3 Å². The van der Waals surface area contributed by atoms with Crippen LogP contribution in [0.5, 0.6) is 0 Å². The molecule has 1 unspecified atom stereocenters. The SMILES string of the molecule is CC1=C2C[C@H]3[C@@H](CC=C4C[C@@H](O)CC[C@@]43C)[C@@H]2CCC12O[C@@H]1C[C@H](C)CN(CCNC(=O)CCCCCNC(=O)[C@@H](N)Cc3ccc(C(=O)c4ccccc4)cc3)[C@H]1[C@H]2C. The first-order chi connectivity index (χ1) is 28.9. The average Bonchev–Trinajstić information content (AvgIpc) is 3.77. The molecule has 4 fully saturated rings. The summed E-state index contributed by atoms with van der Waals surface area (Å²) in [6.45, 7) is 12.8. The van der Waals surface area contributed by atoms with E-state index in [-0.39, 0.29) is 40.8 Å². The number of ether oxygens (including phenoxy) is 1. The molecule has 1 spiro atoms. The summed E-state index contributed by atoms with van der Waals surface area (Å²) in [5.41, 5.74) is 13.2. The van der Waals surface area contributed by atoms with Crippen LogP contribution in [0.25, 0.3) is 0 Å². The van der Waals surface area contributed by atoms with E-state index in [9.17, 15) is 19.5 Å². The third kappa shape index (κ3) is 8.45. The molecule has 8 rings (SSSR count). The van der Waals surface area contributed by atoms with Crippen LogP contribution >= 0.6 is 0 Å². The Balaban J connectivity index is 0.757. The quantitative estimate of drug-likeness (QED) is 0.0893. The normalized spacial score (nSPS) is 33.9. The predicted molar refractivity (Wildman–Crippen MR) is 236 cm³/mol. The first-order valence-electron chi connectivity index (χ1n) is 23.4. The molecular weight excluding hydrogens is 749 g/mol. The molecule has 0 bridgehead atoms. The lowest BCUT2D eigenvalue weighted by atomic mass is 9.56. The second-order valence-electron chi connectivity index (χ2n) is 19.9. The zero-order valence-corrected chi connectivity index (χ0v) is 36.6. The number of nitrogens with one attached hydrogen (secondary N) is 2. The number of nitrogens with two attached hydrogens (primary N) is 1. The van der Waals surface area contributed by atoms with Crippen LogP contribution in [0.1, 0.15) is 126 Å². The molecule has 60 heavy (non-hydrogen) atoms. The van der Waals surface area contributed by atoms with Crippen molar-refractivity contribution in [3.05, 3.63) is 94.1 Å². The number of fused-ring (bicyclic) bond motifs is 6. The fraction of sp³-hybridized carbons (Fsp3) is 0.627. The number of allylic oxidation sites excluding steroid dienone is 2. The molecule has 6 aliphatic rings. The van der Waals surface area contributed by atoms with Gasteiger partial charge in [-0.05, 0) is 118 Å². The van der Waals surface area contributed by atoms with Crippen molar-refractivity contribution in [2.75, 3.05) is 26.2 Å². The van der Waals surface area contributed by atoms with Crippen LogP contribution in [0.15, 0.2) is 77.4 Å². The lowest BCUT2D eigenvalue weighted by Crippen LogP contribution is -2.54. The molecule has 2 heterocycles. The smallest absolute Gasteiger partial charge is 0.237 e. The van der Waals surface area contributed by atoms with Crippen molar-refractivity contribution in [3.8, 4) is 0 Å². The fourth-order valence-electron chi connectivity index (χ4n) is 13.0. The number of hydrogen-bond acceptors (Lipinski definition) is 7. The van der Waals surface area contributed by atoms with Crippen molar-refractivity contribution in [2.24, 2.45) is 40.7 Å². The van der Waals surface area contributed by atoms with Crippen LogP contribution in [0.3, 0.4) is 0 Å². The zero-order valence-electron chi connectivity index (χ0n) is 36.6. The molecule has 2 saturated carbocycles. The highest BCUT2D eigenvalue weighted by molar-refractivity contribution is 6.08. The summed E-state index contributed by atoms with van der Waals surface area (Å²) in [6, 6.07) is 16.2. The Kier molecular flexibility index (Phi) is 12.9. The van der Waals surface area contributed by atoms with E-state index < -0.39 is 6.04 Å². The van der Waals surface area contributed by atoms with Crippen LogP contribution in [-0.2, 0) is 20.7 Å². The number of rotatable bonds is 14. The van der Waals surface area contributed by atoms with Gasteiger partial charge >= 0.3 is 0 Å². The highest BCUT2D eigenvalue weighted by atomic mass is 16.5. The van der Waals surface area contributed by atoms with Gasteiger partial charge in [0.05, 0.1) is 23.9 Å². The molecular formula is C51H70N4O5. The summed E-state index contributed by atoms with van der Waals surface area (Å²) >= 11 is 0. The third-order valence-electron chi connectivity index (χ3n) is 16.2. The third-order valence-corrected chi connectivity index (χ3v) is 16.2. The van der Waals surface area contributed by atoms with Gasteiger partial charge in [0.25, 0.3) is 0 Å². The minimum atomic E-state index is -0.676. The van der Waals surface area contributed by atoms with Crippen molar-refractivity contribution in [3.63, 3.8) is 0 Å². The van der Waals surface area contributed by atoms with Crippen molar-refractivity contribution in [2.45, 2.75) is 141 Å². The lowest BCUT2D eigenvalue weighted by molar-refractivity contribution is -0.123. The highest BCUT2D eigenvalue weighted by Crippen LogP contribution is 2.65. The molecule has 9 nitrogen and oxygen atoms in total. The molecule has 2 saturated heterocycles. The molecule has 9 heteroatoms. The molecule has 5 N–H and O–H groups in total. The Morgan fingerprint density at radius 3 is 2.50 bits per heavy atom. The highest BCUT2D eigenvalue weighted by Gasteiger charge is 2.61. The van der Waals surface area contributed by atoms with E-state index in [1.54, 1.807) is 35.4 Å². The standard InChI is InChI=1S/C51H70N4O5/c1-32-27-45-47(34(3)51(60-45)23-21-40-41-19-18-38-29-39(56)20-22-50(38,4)43(41)30-42(40)33(51)2)55(31-32)26-25-53-46(57)13-9-6-10-24-54-49(59)44(52)28-35-14-16-37(17-15-35)48(58)36-11-7-5-8-12-36/h5,7-8,11-12,14-18,32,34,39-41,43-45,47,56H,6,9-10,13,19-31,52H2,1-4H3,(H,53,57)(H,54,59)/t32-,34+,39-,40-,41-,43-,44-,45+,47-,50-,51?/m0/s1. The number of likely N-dealkylation sites (tertiary alicyclic amines) is 1. The van der Waals surface area contributed by atoms with Gasteiger partial charge in [0, 0.05) is 55.7 Å². The lowest BCUT2D eigenvalue weighted by Gasteiger charge is -2.49. The molecule has 324 valence electrons. The van der Waals surface area contributed by atoms with Crippen molar-refractivity contribution in [1.82, 2.24) is 15.5 Å². The number of unbranched alkanes of at least 4 members (excludes halogenated alkanes) is 2. The summed E-state index contributed by atoms with van der Waals surface area (Å²) < 4.78 is 7.34. The number of hydrogen-bond donors (Lipinski definition) is 4. The van der Waals surface area contributed by atoms with Gasteiger partial charge in [-0.2, -0.15) is 0 Å². The van der Waals surface area contributed by atoms with Gasteiger partial charge in [-0.1, -0.05) is 99.0 Å². The van der Waals surface area contributed by atoms with Crippen LogP contribution in [0.2, 0.25) is 0 Å². The van der Waals surface area contributed by atoms with Gasteiger partial charge < -0.3 is 26.2 Å². The summed E-state index contributed by atoms with van der Waals surface area (Å²) in [7, 11) is 0. The Morgan fingerprint density at radius 1 is 0.950 bits per heavy atom. The van der Waals surface area contributed by atoms with E-state index in [1.807, 2.05) is 30.3 Å². The molecule has 2 aromatic rings. The molecule has 11 atom stereocenters. The van der Waals surface area contributed by atoms with Gasteiger partial charge in [0.1, 0.15) is 0 Å². The van der Waals surface area contributed by atoms with Gasteiger partial charge in [0.15, 0.2) is 5.78 Å². The van der Waals surface area contributed by atoms with E-state index in [2.05, 4.69) is 49.3 Å². The van der Waals surface area contributed by atoms with Gasteiger partial charge in [0.2, 0.25) is 11.8 Å². The summed E-state index contributed by atoms with van der Waals surface area (Å²) in [4.78, 5) is 40.9. The van der Waals surface area contributed by atoms with Crippen molar-refractivity contribution < 1.29 is 24.2 Å². The first kappa shape index (κ1) is 43.0. The van der Waals surface area contributed by atoms with Crippen LogP contribution in [0.4, 0.5) is 0 Å². The fourth-order valence-corrected chi connectivity index (χ4v) is 13.0. The number of carbonyl (C=O) groups is 3. The topological polar surface area (TPSA) is 134 Å². The predicted octanol–water partition coefficient (Wildman–Crippen LogP) is 7.31. The van der Waals surface area contributed by atoms with E-state index in [0.717, 1.165) is 75.9 Å². The minimum absolute atomic E-state index is 0.0327. The van der Waals surface area contributed by atoms with Crippen LogP contribution in [-0.4, -0.2) is 83.7 Å². The minimum Gasteiger partial charge on any atom is -0.393 e. The maximum atomic E-state index is 12.9. The monoisotopic (exact) mass is 819 g/mol.